The van der Waals surface area contributed by atoms with E-state index >= 15 is 0 Å². The molecule has 0 atom stereocenters. The van der Waals surface area contributed by atoms with Crippen LogP contribution in [0.2, 0.25) is 0 Å². The summed E-state index contributed by atoms with van der Waals surface area (Å²) in [6.45, 7) is 5.12. The van der Waals surface area contributed by atoms with Gasteiger partial charge in [-0.25, -0.2) is 20.4 Å². The van der Waals surface area contributed by atoms with Gasteiger partial charge >= 0.3 is 12.1 Å². The lowest BCUT2D eigenvalue weighted by atomic mass is 10.2. The maximum absolute atomic E-state index is 10.8. The van der Waals surface area contributed by atoms with Gasteiger partial charge in [-0.1, -0.05) is 0 Å². The minimum absolute atomic E-state index is 0.594. The second kappa shape index (κ2) is 3.80. The van der Waals surface area contributed by atoms with Gasteiger partial charge < -0.3 is 10.5 Å². The zero-order valence-corrected chi connectivity index (χ0v) is 7.30. The molecule has 12 heavy (non-hydrogen) atoms. The van der Waals surface area contributed by atoms with Crippen LogP contribution in [0.15, 0.2) is 0 Å². The van der Waals surface area contributed by atoms with Crippen LogP contribution in [0.25, 0.3) is 0 Å². The van der Waals surface area contributed by atoms with E-state index in [1.807, 2.05) is 10.9 Å². The number of nitrogens with one attached hydrogen (secondary N) is 2. The maximum atomic E-state index is 10.8. The SMILES string of the molecule is CC(C)(C)OC(=O)NNC(N)=O. The van der Waals surface area contributed by atoms with Gasteiger partial charge in [-0.2, -0.15) is 0 Å². The molecule has 70 valence electrons. The van der Waals surface area contributed by atoms with Gasteiger partial charge in [0, 0.05) is 0 Å². The molecule has 0 saturated carbocycles. The molecule has 6 nitrogen and oxygen atoms in total. The van der Waals surface area contributed by atoms with Crippen LogP contribution < -0.4 is 16.6 Å². The van der Waals surface area contributed by atoms with Gasteiger partial charge in [0.25, 0.3) is 0 Å². The summed E-state index contributed by atoms with van der Waals surface area (Å²) in [6, 6.07) is -0.846. The molecule has 0 unspecified atom stereocenters. The number of rotatable bonds is 0. The second-order valence-corrected chi connectivity index (χ2v) is 3.12. The number of hydrogen-bond acceptors (Lipinski definition) is 3. The van der Waals surface area contributed by atoms with Crippen LogP contribution in [0.5, 0.6) is 0 Å². The van der Waals surface area contributed by atoms with Crippen LogP contribution in [-0.4, -0.2) is 17.7 Å². The topological polar surface area (TPSA) is 93.4 Å². The van der Waals surface area contributed by atoms with E-state index in [4.69, 9.17) is 4.74 Å². The molecule has 0 rings (SSSR count). The summed E-state index contributed by atoms with van der Waals surface area (Å²) in [5.74, 6) is 0. The molecular formula is C6H13N3O3. The van der Waals surface area contributed by atoms with E-state index in [1.54, 1.807) is 20.8 Å². The Balaban J connectivity index is 3.68. The smallest absolute Gasteiger partial charge is 0.426 e. The van der Waals surface area contributed by atoms with Gasteiger partial charge in [0.15, 0.2) is 0 Å². The quantitative estimate of drug-likeness (QED) is 0.455. The fourth-order valence-corrected chi connectivity index (χ4v) is 0.416. The van der Waals surface area contributed by atoms with Crippen molar-refractivity contribution in [2.45, 2.75) is 26.4 Å². The zero-order valence-electron chi connectivity index (χ0n) is 7.30. The molecule has 0 heterocycles. The molecule has 0 aromatic heterocycles. The molecule has 0 spiro atoms. The Bertz CT molecular complexity index is 185. The van der Waals surface area contributed by atoms with E-state index in [0.29, 0.717) is 0 Å². The third-order valence-corrected chi connectivity index (χ3v) is 0.687. The van der Waals surface area contributed by atoms with E-state index in [1.165, 1.54) is 0 Å². The van der Waals surface area contributed by atoms with E-state index in [-0.39, 0.29) is 0 Å². The summed E-state index contributed by atoms with van der Waals surface area (Å²) in [6.07, 6.45) is -0.749. The monoisotopic (exact) mass is 175 g/mol. The van der Waals surface area contributed by atoms with Gasteiger partial charge in [-0.15, -0.1) is 0 Å². The fraction of sp³-hybridized carbons (Fsp3) is 0.667. The molecule has 0 bridgehead atoms. The number of hydrazine groups is 1. The summed E-state index contributed by atoms with van der Waals surface area (Å²) in [7, 11) is 0. The number of nitrogens with two attached hydrogens (primary N) is 1. The molecule has 0 aromatic rings. The van der Waals surface area contributed by atoms with Crippen molar-refractivity contribution >= 4 is 12.1 Å². The summed E-state index contributed by atoms with van der Waals surface area (Å²) >= 11 is 0. The molecule has 0 saturated heterocycles. The molecule has 6 heteroatoms. The van der Waals surface area contributed by atoms with Crippen LogP contribution in [0.3, 0.4) is 0 Å². The summed E-state index contributed by atoms with van der Waals surface area (Å²) in [4.78, 5) is 20.9. The minimum atomic E-state index is -0.846. The molecule has 4 N–H and O–H groups in total. The molecule has 0 radical (unpaired) electrons. The van der Waals surface area contributed by atoms with Gasteiger partial charge in [0.05, 0.1) is 0 Å². The summed E-state index contributed by atoms with van der Waals surface area (Å²) in [5, 5.41) is 0. The van der Waals surface area contributed by atoms with E-state index in [9.17, 15) is 9.59 Å². The fourth-order valence-electron chi connectivity index (χ4n) is 0.416. The van der Waals surface area contributed by atoms with Crippen molar-refractivity contribution in [1.82, 2.24) is 10.9 Å². The first-order valence-corrected chi connectivity index (χ1v) is 3.36. The van der Waals surface area contributed by atoms with Gasteiger partial charge in [0.1, 0.15) is 5.60 Å². The number of carbonyl (C=O) groups is 2. The highest BCUT2D eigenvalue weighted by Crippen LogP contribution is 2.05. The van der Waals surface area contributed by atoms with Crippen molar-refractivity contribution in [2.24, 2.45) is 5.73 Å². The number of carbonyl (C=O) groups excluding carboxylic acids is 2. The van der Waals surface area contributed by atoms with Crippen LogP contribution in [0.1, 0.15) is 20.8 Å². The largest absolute Gasteiger partial charge is 0.443 e. The Morgan fingerprint density at radius 3 is 2.08 bits per heavy atom. The molecule has 0 fully saturated rings. The van der Waals surface area contributed by atoms with E-state index in [0.717, 1.165) is 0 Å². The first-order valence-electron chi connectivity index (χ1n) is 3.36. The standard InChI is InChI=1S/C6H13N3O3/c1-6(2,3)12-5(11)9-8-4(7)10/h1-3H3,(H,9,11)(H3,7,8,10). The van der Waals surface area contributed by atoms with E-state index in [2.05, 4.69) is 5.73 Å². The first kappa shape index (κ1) is 10.5. The number of hydrogen-bond donors (Lipinski definition) is 3. The maximum Gasteiger partial charge on any atom is 0.426 e. The van der Waals surface area contributed by atoms with Crippen LogP contribution in [0, 0.1) is 0 Å². The average molecular weight is 175 g/mol. The Morgan fingerprint density at radius 2 is 1.75 bits per heavy atom. The lowest BCUT2D eigenvalue weighted by Crippen LogP contribution is -2.46. The summed E-state index contributed by atoms with van der Waals surface area (Å²) < 4.78 is 4.77. The number of ether oxygens (including phenoxy) is 1. The number of urea groups is 1. The third kappa shape index (κ3) is 6.66. The molecule has 0 aromatic carbocycles. The molecule has 0 aliphatic carbocycles. The molecular weight excluding hydrogens is 162 g/mol. The predicted molar refractivity (Wildman–Crippen MR) is 42.1 cm³/mol. The second-order valence-electron chi connectivity index (χ2n) is 3.12. The highest BCUT2D eigenvalue weighted by atomic mass is 16.6. The van der Waals surface area contributed by atoms with Crippen LogP contribution in [-0.2, 0) is 4.74 Å². The van der Waals surface area contributed by atoms with Crippen molar-refractivity contribution in [3.63, 3.8) is 0 Å². The van der Waals surface area contributed by atoms with Gasteiger partial charge in [0.2, 0.25) is 0 Å². The number of primary amides is 1. The number of amides is 3. The zero-order chi connectivity index (χ0) is 9.78. The Hall–Kier alpha value is -1.46. The third-order valence-electron chi connectivity index (χ3n) is 0.687. The van der Waals surface area contributed by atoms with Crippen molar-refractivity contribution in [1.29, 1.82) is 0 Å². The molecule has 0 aliphatic heterocycles. The highest BCUT2D eigenvalue weighted by Gasteiger charge is 2.15. The van der Waals surface area contributed by atoms with Crippen molar-refractivity contribution in [2.75, 3.05) is 0 Å². The lowest BCUT2D eigenvalue weighted by Gasteiger charge is -2.19. The van der Waals surface area contributed by atoms with Crippen molar-refractivity contribution in [3.8, 4) is 0 Å². The van der Waals surface area contributed by atoms with Gasteiger partial charge in [-0.05, 0) is 20.8 Å². The van der Waals surface area contributed by atoms with Gasteiger partial charge in [-0.3, -0.25) is 0 Å². The Labute approximate surface area is 70.4 Å². The van der Waals surface area contributed by atoms with Crippen LogP contribution in [0.4, 0.5) is 9.59 Å². The van der Waals surface area contributed by atoms with Crippen molar-refractivity contribution < 1.29 is 14.3 Å². The lowest BCUT2D eigenvalue weighted by molar-refractivity contribution is 0.0506. The average Bonchev–Trinajstić information content (AvgIpc) is 1.79. The molecule has 3 amide bonds. The Morgan fingerprint density at radius 1 is 1.25 bits per heavy atom. The highest BCUT2D eigenvalue weighted by molar-refractivity contribution is 5.76. The van der Waals surface area contributed by atoms with Crippen LogP contribution >= 0.6 is 0 Å². The summed E-state index contributed by atoms with van der Waals surface area (Å²) in [5.41, 5.74) is 7.93. The Kier molecular flexibility index (Phi) is 3.33. The minimum Gasteiger partial charge on any atom is -0.443 e. The van der Waals surface area contributed by atoms with Crippen molar-refractivity contribution in [3.05, 3.63) is 0 Å². The molecule has 0 aliphatic rings. The predicted octanol–water partition coefficient (Wildman–Crippen LogP) is 0.0944. The normalized spacial score (nSPS) is 10.2. The van der Waals surface area contributed by atoms with E-state index < -0.39 is 17.7 Å². The first-order chi connectivity index (χ1) is 5.31.